The molecule has 0 unspecified atom stereocenters. The van der Waals surface area contributed by atoms with Gasteiger partial charge in [-0.3, -0.25) is 9.78 Å². The monoisotopic (exact) mass is 320 g/mol. The summed E-state index contributed by atoms with van der Waals surface area (Å²) in [5.41, 5.74) is 1.88. The van der Waals surface area contributed by atoms with Crippen LogP contribution in [-0.2, 0) is 6.42 Å². The van der Waals surface area contributed by atoms with Gasteiger partial charge in [0.25, 0.3) is 5.56 Å². The third-order valence-corrected chi connectivity index (χ3v) is 3.22. The Hall–Kier alpha value is -2.83. The first kappa shape index (κ1) is 15.1. The number of alkyl halides is 3. The highest BCUT2D eigenvalue weighted by Crippen LogP contribution is 2.24. The smallest absolute Gasteiger partial charge is 0.406 e. The molecule has 0 radical (unpaired) electrons. The van der Waals surface area contributed by atoms with Crippen LogP contribution in [0.3, 0.4) is 0 Å². The average molecular weight is 320 g/mol. The van der Waals surface area contributed by atoms with E-state index in [0.717, 1.165) is 0 Å². The van der Waals surface area contributed by atoms with Gasteiger partial charge in [-0.1, -0.05) is 12.1 Å². The minimum atomic E-state index is -4.75. The van der Waals surface area contributed by atoms with Crippen molar-refractivity contribution in [1.29, 1.82) is 0 Å². The zero-order valence-electron chi connectivity index (χ0n) is 11.7. The lowest BCUT2D eigenvalue weighted by molar-refractivity contribution is -0.274. The van der Waals surface area contributed by atoms with Crippen LogP contribution >= 0.6 is 0 Å². The maximum absolute atomic E-state index is 12.3. The Balaban J connectivity index is 1.91. The molecule has 0 spiro atoms. The van der Waals surface area contributed by atoms with Crippen LogP contribution in [0.4, 0.5) is 13.2 Å². The molecule has 0 amide bonds. The van der Waals surface area contributed by atoms with Crippen molar-refractivity contribution in [3.05, 3.63) is 70.1 Å². The lowest BCUT2D eigenvalue weighted by Gasteiger charge is -2.10. The van der Waals surface area contributed by atoms with Crippen LogP contribution < -0.4 is 10.3 Å². The molecular weight excluding hydrogens is 309 g/mol. The molecule has 0 aliphatic rings. The van der Waals surface area contributed by atoms with Gasteiger partial charge in [-0.05, 0) is 35.9 Å². The molecule has 2 heterocycles. The van der Waals surface area contributed by atoms with Crippen molar-refractivity contribution in [3.63, 3.8) is 0 Å². The van der Waals surface area contributed by atoms with E-state index in [2.05, 4.69) is 14.7 Å². The van der Waals surface area contributed by atoms with Crippen molar-refractivity contribution in [3.8, 4) is 5.75 Å². The predicted molar refractivity (Wildman–Crippen MR) is 78.3 cm³/mol. The second kappa shape index (κ2) is 5.75. The topological polar surface area (TPSA) is 55.0 Å². The van der Waals surface area contributed by atoms with Crippen LogP contribution in [0.5, 0.6) is 5.75 Å². The quantitative estimate of drug-likeness (QED) is 0.804. The van der Waals surface area contributed by atoms with Gasteiger partial charge in [-0.25, -0.2) is 0 Å². The Bertz CT molecular complexity index is 903. The molecule has 0 fully saturated rings. The molecule has 4 nitrogen and oxygen atoms in total. The van der Waals surface area contributed by atoms with Crippen LogP contribution in [0.25, 0.3) is 11.0 Å². The normalized spacial score (nSPS) is 11.6. The Morgan fingerprint density at radius 2 is 1.96 bits per heavy atom. The number of H-pyrrole nitrogens is 1. The van der Waals surface area contributed by atoms with Crippen LogP contribution in [0.15, 0.2) is 53.5 Å². The fourth-order valence-corrected chi connectivity index (χ4v) is 2.28. The van der Waals surface area contributed by atoms with E-state index in [-0.39, 0.29) is 17.7 Å². The number of ether oxygens (including phenoxy) is 1. The summed E-state index contributed by atoms with van der Waals surface area (Å²) in [5.74, 6) is -0.314. The van der Waals surface area contributed by atoms with Gasteiger partial charge in [-0.15, -0.1) is 13.2 Å². The lowest BCUT2D eigenvalue weighted by atomic mass is 10.1. The summed E-state index contributed by atoms with van der Waals surface area (Å²) in [6, 6.07) is 10.6. The predicted octanol–water partition coefficient (Wildman–Crippen LogP) is 3.41. The molecular formula is C16H11F3N2O2. The molecule has 0 saturated heterocycles. The Kier molecular flexibility index (Phi) is 3.77. The molecule has 1 aromatic carbocycles. The summed E-state index contributed by atoms with van der Waals surface area (Å²) in [7, 11) is 0. The highest BCUT2D eigenvalue weighted by atomic mass is 19.4. The number of rotatable bonds is 3. The van der Waals surface area contributed by atoms with Gasteiger partial charge in [0.05, 0.1) is 11.0 Å². The number of hydrogen-bond donors (Lipinski definition) is 1. The van der Waals surface area contributed by atoms with Crippen molar-refractivity contribution < 1.29 is 17.9 Å². The van der Waals surface area contributed by atoms with Crippen LogP contribution in [-0.4, -0.2) is 16.3 Å². The van der Waals surface area contributed by atoms with E-state index in [4.69, 9.17) is 0 Å². The van der Waals surface area contributed by atoms with Gasteiger partial charge >= 0.3 is 6.36 Å². The average Bonchev–Trinajstić information content (AvgIpc) is 2.46. The lowest BCUT2D eigenvalue weighted by Crippen LogP contribution is -2.17. The molecule has 0 atom stereocenters. The molecule has 0 aliphatic heterocycles. The Morgan fingerprint density at radius 1 is 1.13 bits per heavy atom. The summed E-state index contributed by atoms with van der Waals surface area (Å²) in [6.07, 6.45) is -2.97. The highest BCUT2D eigenvalue weighted by Gasteiger charge is 2.31. The first-order valence-corrected chi connectivity index (χ1v) is 6.72. The number of benzene rings is 1. The Morgan fingerprint density at radius 3 is 2.74 bits per heavy atom. The second-order valence-corrected chi connectivity index (χ2v) is 4.93. The largest absolute Gasteiger partial charge is 0.573 e. The molecule has 3 rings (SSSR count). The van der Waals surface area contributed by atoms with Gasteiger partial charge in [0, 0.05) is 18.2 Å². The molecule has 1 N–H and O–H groups in total. The molecule has 0 bridgehead atoms. The van der Waals surface area contributed by atoms with Gasteiger partial charge in [-0.2, -0.15) is 0 Å². The maximum atomic E-state index is 12.3. The zero-order valence-corrected chi connectivity index (χ0v) is 11.7. The van der Waals surface area contributed by atoms with Crippen LogP contribution in [0.1, 0.15) is 11.1 Å². The minimum absolute atomic E-state index is 0.177. The van der Waals surface area contributed by atoms with Gasteiger partial charge < -0.3 is 9.72 Å². The first-order valence-electron chi connectivity index (χ1n) is 6.72. The van der Waals surface area contributed by atoms with Crippen molar-refractivity contribution in [2.24, 2.45) is 0 Å². The van der Waals surface area contributed by atoms with Crippen LogP contribution in [0.2, 0.25) is 0 Å². The zero-order chi connectivity index (χ0) is 16.4. The first-order chi connectivity index (χ1) is 10.9. The number of nitrogens with zero attached hydrogens (tertiary/aromatic N) is 1. The van der Waals surface area contributed by atoms with Gasteiger partial charge in [0.2, 0.25) is 0 Å². The number of hydrogen-bond acceptors (Lipinski definition) is 3. The summed E-state index contributed by atoms with van der Waals surface area (Å²) >= 11 is 0. The van der Waals surface area contributed by atoms with E-state index in [1.807, 2.05) is 0 Å². The molecule has 118 valence electrons. The van der Waals surface area contributed by atoms with E-state index in [1.54, 1.807) is 30.5 Å². The Labute approximate surface area is 128 Å². The van der Waals surface area contributed by atoms with E-state index in [9.17, 15) is 18.0 Å². The molecule has 0 aliphatic carbocycles. The van der Waals surface area contributed by atoms with E-state index in [1.165, 1.54) is 18.2 Å². The SMILES string of the molecule is O=c1[nH]c2cccnc2cc1Cc1cccc(OC(F)(F)F)c1. The molecule has 3 aromatic rings. The third kappa shape index (κ3) is 3.68. The summed E-state index contributed by atoms with van der Waals surface area (Å²) in [6.45, 7) is 0. The number of aromatic amines is 1. The minimum Gasteiger partial charge on any atom is -0.406 e. The molecule has 7 heteroatoms. The fourth-order valence-electron chi connectivity index (χ4n) is 2.28. The molecule has 0 saturated carbocycles. The summed E-state index contributed by atoms with van der Waals surface area (Å²) in [5, 5.41) is 0. The fraction of sp³-hybridized carbons (Fsp3) is 0.125. The number of halogens is 3. The van der Waals surface area contributed by atoms with E-state index < -0.39 is 6.36 Å². The van der Waals surface area contributed by atoms with Gasteiger partial charge in [0.1, 0.15) is 5.75 Å². The summed E-state index contributed by atoms with van der Waals surface area (Å²) < 4.78 is 40.6. The van der Waals surface area contributed by atoms with Crippen LogP contribution in [0, 0.1) is 0 Å². The standard InChI is InChI=1S/C16H11F3N2O2/c17-16(18,19)23-12-4-1-3-10(8-12)7-11-9-14-13(21-15(11)22)5-2-6-20-14/h1-6,8-9H,7H2,(H,21,22). The highest BCUT2D eigenvalue weighted by molar-refractivity contribution is 5.74. The maximum Gasteiger partial charge on any atom is 0.573 e. The van der Waals surface area contributed by atoms with Gasteiger partial charge in [0.15, 0.2) is 0 Å². The van der Waals surface area contributed by atoms with E-state index >= 15 is 0 Å². The van der Waals surface area contributed by atoms with Crippen molar-refractivity contribution in [2.45, 2.75) is 12.8 Å². The molecule has 2 aromatic heterocycles. The number of pyridine rings is 2. The second-order valence-electron chi connectivity index (χ2n) is 4.93. The number of nitrogens with one attached hydrogen (secondary N) is 1. The van der Waals surface area contributed by atoms with E-state index in [0.29, 0.717) is 22.2 Å². The van der Waals surface area contributed by atoms with Crippen molar-refractivity contribution in [2.75, 3.05) is 0 Å². The number of aromatic nitrogens is 2. The summed E-state index contributed by atoms with van der Waals surface area (Å²) in [4.78, 5) is 18.9. The van der Waals surface area contributed by atoms with Crippen molar-refractivity contribution >= 4 is 11.0 Å². The molecule has 23 heavy (non-hydrogen) atoms. The van der Waals surface area contributed by atoms with Crippen molar-refractivity contribution in [1.82, 2.24) is 9.97 Å². The third-order valence-electron chi connectivity index (χ3n) is 3.22. The number of fused-ring (bicyclic) bond motifs is 1.